The van der Waals surface area contributed by atoms with Crippen molar-refractivity contribution >= 4 is 23.2 Å². The third-order valence-electron chi connectivity index (χ3n) is 3.45. The number of fused-ring (bicyclic) bond motifs is 1. The summed E-state index contributed by atoms with van der Waals surface area (Å²) in [5, 5.41) is 17.9. The van der Waals surface area contributed by atoms with Crippen molar-refractivity contribution in [1.29, 1.82) is 5.41 Å². The van der Waals surface area contributed by atoms with E-state index in [2.05, 4.69) is 0 Å². The highest BCUT2D eigenvalue weighted by Crippen LogP contribution is 2.39. The number of ether oxygens (including phenoxy) is 1. The molecule has 1 aliphatic heterocycles. The normalized spacial score (nSPS) is 15.8. The van der Waals surface area contributed by atoms with E-state index in [9.17, 15) is 9.50 Å². The third kappa shape index (κ3) is 2.60. The van der Waals surface area contributed by atoms with Crippen molar-refractivity contribution in [1.82, 2.24) is 0 Å². The lowest BCUT2D eigenvalue weighted by molar-refractivity contribution is 0.187. The average Bonchev–Trinajstić information content (AvgIpc) is 2.40. The monoisotopic (exact) mass is 300 g/mol. The van der Waals surface area contributed by atoms with Gasteiger partial charge in [-0.1, -0.05) is 11.6 Å². The fourth-order valence-electron chi connectivity index (χ4n) is 2.57. The lowest BCUT2D eigenvalue weighted by atomic mass is 9.94. The lowest BCUT2D eigenvalue weighted by Gasteiger charge is -2.31. The number of benzene rings is 1. The molecule has 0 spiro atoms. The standard InChI is InChI=1S/C14H18ClFN2O2/c1-3-20-14(17)13(19)10-11(16)9(15)7-8-5-4-6-18(2)12(8)10/h7,13,17,19H,3-6H2,1-2H3. The molecule has 0 aromatic heterocycles. The Morgan fingerprint density at radius 3 is 3.00 bits per heavy atom. The Morgan fingerprint density at radius 1 is 1.65 bits per heavy atom. The molecule has 20 heavy (non-hydrogen) atoms. The maximum Gasteiger partial charge on any atom is 0.215 e. The SMILES string of the molecule is CCOC(=N)C(O)c1c(F)c(Cl)cc2c1N(C)CCC2. The highest BCUT2D eigenvalue weighted by Gasteiger charge is 2.30. The molecular formula is C14H18ClFN2O2. The van der Waals surface area contributed by atoms with Gasteiger partial charge < -0.3 is 14.7 Å². The van der Waals surface area contributed by atoms with E-state index in [1.165, 1.54) is 0 Å². The molecule has 0 saturated heterocycles. The van der Waals surface area contributed by atoms with Gasteiger partial charge in [0.1, 0.15) is 5.82 Å². The number of aliphatic hydroxyl groups excluding tert-OH is 1. The van der Waals surface area contributed by atoms with Crippen LogP contribution >= 0.6 is 11.6 Å². The van der Waals surface area contributed by atoms with Crippen molar-refractivity contribution in [2.24, 2.45) is 0 Å². The van der Waals surface area contributed by atoms with Gasteiger partial charge in [0.25, 0.3) is 0 Å². The average molecular weight is 301 g/mol. The molecule has 0 aliphatic carbocycles. The van der Waals surface area contributed by atoms with Gasteiger partial charge in [0.15, 0.2) is 6.10 Å². The highest BCUT2D eigenvalue weighted by molar-refractivity contribution is 6.31. The second kappa shape index (κ2) is 5.97. The second-order valence-corrected chi connectivity index (χ2v) is 5.23. The molecule has 1 unspecified atom stereocenters. The maximum absolute atomic E-state index is 14.3. The molecular weight excluding hydrogens is 283 g/mol. The third-order valence-corrected chi connectivity index (χ3v) is 3.72. The Balaban J connectivity index is 2.55. The van der Waals surface area contributed by atoms with Crippen molar-refractivity contribution < 1.29 is 14.2 Å². The molecule has 6 heteroatoms. The van der Waals surface area contributed by atoms with E-state index in [-0.39, 0.29) is 23.1 Å². The summed E-state index contributed by atoms with van der Waals surface area (Å²) >= 11 is 5.91. The smallest absolute Gasteiger partial charge is 0.215 e. The number of hydrogen-bond acceptors (Lipinski definition) is 4. The fourth-order valence-corrected chi connectivity index (χ4v) is 2.80. The summed E-state index contributed by atoms with van der Waals surface area (Å²) in [5.41, 5.74) is 1.55. The molecule has 1 aromatic carbocycles. The summed E-state index contributed by atoms with van der Waals surface area (Å²) in [4.78, 5) is 1.88. The molecule has 4 nitrogen and oxygen atoms in total. The Morgan fingerprint density at radius 2 is 2.35 bits per heavy atom. The molecule has 2 rings (SSSR count). The van der Waals surface area contributed by atoms with Crippen LogP contribution in [0, 0.1) is 11.2 Å². The van der Waals surface area contributed by atoms with Crippen LogP contribution in [0.3, 0.4) is 0 Å². The lowest BCUT2D eigenvalue weighted by Crippen LogP contribution is -2.29. The van der Waals surface area contributed by atoms with Crippen molar-refractivity contribution in [3.63, 3.8) is 0 Å². The van der Waals surface area contributed by atoms with E-state index in [1.54, 1.807) is 13.0 Å². The molecule has 1 heterocycles. The van der Waals surface area contributed by atoms with Crippen LogP contribution in [0.25, 0.3) is 0 Å². The predicted octanol–water partition coefficient (Wildman–Crippen LogP) is 2.91. The van der Waals surface area contributed by atoms with Gasteiger partial charge in [-0.25, -0.2) is 4.39 Å². The Kier molecular flexibility index (Phi) is 4.50. The predicted molar refractivity (Wildman–Crippen MR) is 77.3 cm³/mol. The van der Waals surface area contributed by atoms with Crippen molar-refractivity contribution in [2.45, 2.75) is 25.9 Å². The van der Waals surface area contributed by atoms with Crippen LogP contribution in [0.1, 0.15) is 30.6 Å². The van der Waals surface area contributed by atoms with Gasteiger partial charge in [-0.2, -0.15) is 0 Å². The van der Waals surface area contributed by atoms with E-state index < -0.39 is 11.9 Å². The van der Waals surface area contributed by atoms with Gasteiger partial charge in [-0.3, -0.25) is 5.41 Å². The number of aryl methyl sites for hydroxylation is 1. The first-order valence-electron chi connectivity index (χ1n) is 6.58. The molecule has 1 atom stereocenters. The number of nitrogens with zero attached hydrogens (tertiary/aromatic N) is 1. The van der Waals surface area contributed by atoms with Crippen LogP contribution in [0.4, 0.5) is 10.1 Å². The minimum absolute atomic E-state index is 0.0302. The number of anilines is 1. The van der Waals surface area contributed by atoms with Crippen molar-refractivity contribution in [3.8, 4) is 0 Å². The van der Waals surface area contributed by atoms with Crippen LogP contribution in [0.5, 0.6) is 0 Å². The van der Waals surface area contributed by atoms with Crippen molar-refractivity contribution in [3.05, 3.63) is 28.0 Å². The van der Waals surface area contributed by atoms with Gasteiger partial charge >= 0.3 is 0 Å². The van der Waals surface area contributed by atoms with Crippen LogP contribution in [0.2, 0.25) is 5.02 Å². The van der Waals surface area contributed by atoms with Crippen LogP contribution in [-0.4, -0.2) is 31.2 Å². The number of nitrogens with one attached hydrogen (secondary N) is 1. The highest BCUT2D eigenvalue weighted by atomic mass is 35.5. The quantitative estimate of drug-likeness (QED) is 0.666. The van der Waals surface area contributed by atoms with E-state index in [1.807, 2.05) is 11.9 Å². The Hall–Kier alpha value is -1.33. The summed E-state index contributed by atoms with van der Waals surface area (Å²) in [6, 6.07) is 1.60. The summed E-state index contributed by atoms with van der Waals surface area (Å²) in [6.07, 6.45) is 0.286. The topological polar surface area (TPSA) is 56.6 Å². The molecule has 1 aliphatic rings. The molecule has 2 N–H and O–H groups in total. The summed E-state index contributed by atoms with van der Waals surface area (Å²) < 4.78 is 19.3. The number of rotatable bonds is 3. The van der Waals surface area contributed by atoms with Gasteiger partial charge in [0, 0.05) is 19.3 Å². The van der Waals surface area contributed by atoms with E-state index in [0.717, 1.165) is 24.9 Å². The number of halogens is 2. The maximum atomic E-state index is 14.3. The van der Waals surface area contributed by atoms with Crippen LogP contribution in [-0.2, 0) is 11.2 Å². The number of hydrogen-bond donors (Lipinski definition) is 2. The molecule has 0 amide bonds. The Bertz CT molecular complexity index is 536. The van der Waals surface area contributed by atoms with E-state index >= 15 is 0 Å². The van der Waals surface area contributed by atoms with Gasteiger partial charge in [-0.05, 0) is 31.4 Å². The van der Waals surface area contributed by atoms with Crippen molar-refractivity contribution in [2.75, 3.05) is 25.1 Å². The summed E-state index contributed by atoms with van der Waals surface area (Å²) in [6.45, 7) is 2.73. The minimum atomic E-state index is -1.44. The largest absolute Gasteiger partial charge is 0.479 e. The zero-order valence-corrected chi connectivity index (χ0v) is 12.3. The molecule has 0 saturated carbocycles. The number of aliphatic hydroxyl groups is 1. The zero-order valence-electron chi connectivity index (χ0n) is 11.5. The zero-order chi connectivity index (χ0) is 14.9. The first kappa shape index (κ1) is 15.1. The van der Waals surface area contributed by atoms with Gasteiger partial charge in [-0.15, -0.1) is 0 Å². The van der Waals surface area contributed by atoms with Gasteiger partial charge in [0.05, 0.1) is 17.2 Å². The summed E-state index contributed by atoms with van der Waals surface area (Å²) in [5.74, 6) is -1.05. The van der Waals surface area contributed by atoms with Crippen LogP contribution in [0.15, 0.2) is 6.07 Å². The van der Waals surface area contributed by atoms with E-state index in [4.69, 9.17) is 21.7 Å². The first-order valence-corrected chi connectivity index (χ1v) is 6.96. The Labute approximate surface area is 122 Å². The minimum Gasteiger partial charge on any atom is -0.479 e. The molecule has 1 aromatic rings. The van der Waals surface area contributed by atoms with E-state index in [0.29, 0.717) is 5.69 Å². The molecule has 0 bridgehead atoms. The van der Waals surface area contributed by atoms with Gasteiger partial charge in [0.2, 0.25) is 5.90 Å². The second-order valence-electron chi connectivity index (χ2n) is 4.82. The van der Waals surface area contributed by atoms with Crippen LogP contribution < -0.4 is 4.90 Å². The molecule has 0 radical (unpaired) electrons. The first-order chi connectivity index (χ1) is 9.47. The summed E-state index contributed by atoms with van der Waals surface area (Å²) in [7, 11) is 1.84. The molecule has 0 fully saturated rings. The molecule has 110 valence electrons. The fraction of sp³-hybridized carbons (Fsp3) is 0.500.